The molecular formula is C26H22BrClFN3O4. The zero-order valence-electron chi connectivity index (χ0n) is 19.0. The van der Waals surface area contributed by atoms with E-state index < -0.39 is 17.6 Å². The predicted molar refractivity (Wildman–Crippen MR) is 138 cm³/mol. The van der Waals surface area contributed by atoms with E-state index in [4.69, 9.17) is 16.3 Å². The van der Waals surface area contributed by atoms with Crippen LogP contribution in [0.2, 0.25) is 5.02 Å². The number of anilines is 2. The molecule has 1 aliphatic heterocycles. The number of benzene rings is 3. The third kappa shape index (κ3) is 6.61. The SMILES string of the molecule is O=C(COc1ccc(N2C[C@H](C(=O)NCc3ccc(Cl)cc3)CC2=O)cc1)Nc1ccc(Br)cc1F. The first kappa shape index (κ1) is 25.7. The van der Waals surface area contributed by atoms with Gasteiger partial charge in [-0.3, -0.25) is 14.4 Å². The fourth-order valence-electron chi connectivity index (χ4n) is 3.72. The minimum atomic E-state index is -0.561. The number of nitrogens with one attached hydrogen (secondary N) is 2. The van der Waals surface area contributed by atoms with Gasteiger partial charge in [0, 0.05) is 34.7 Å². The lowest BCUT2D eigenvalue weighted by Crippen LogP contribution is -2.32. The lowest BCUT2D eigenvalue weighted by atomic mass is 10.1. The van der Waals surface area contributed by atoms with Crippen molar-refractivity contribution in [3.63, 3.8) is 0 Å². The average molecular weight is 575 g/mol. The third-order valence-corrected chi connectivity index (χ3v) is 6.34. The topological polar surface area (TPSA) is 87.7 Å². The second-order valence-electron chi connectivity index (χ2n) is 8.20. The van der Waals surface area contributed by atoms with E-state index in [0.29, 0.717) is 27.5 Å². The minimum Gasteiger partial charge on any atom is -0.484 e. The summed E-state index contributed by atoms with van der Waals surface area (Å²) in [6.07, 6.45) is 0.123. The van der Waals surface area contributed by atoms with Gasteiger partial charge < -0.3 is 20.3 Å². The second kappa shape index (κ2) is 11.5. The number of hydrogen-bond acceptors (Lipinski definition) is 4. The lowest BCUT2D eigenvalue weighted by molar-refractivity contribution is -0.126. The summed E-state index contributed by atoms with van der Waals surface area (Å²) >= 11 is 9.04. The van der Waals surface area contributed by atoms with E-state index >= 15 is 0 Å². The van der Waals surface area contributed by atoms with Crippen LogP contribution in [0, 0.1) is 11.7 Å². The van der Waals surface area contributed by atoms with Gasteiger partial charge in [0.15, 0.2) is 6.61 Å². The zero-order chi connectivity index (χ0) is 25.7. The summed E-state index contributed by atoms with van der Waals surface area (Å²) in [4.78, 5) is 38.8. The number of amides is 3. The van der Waals surface area contributed by atoms with Crippen molar-refractivity contribution >= 4 is 56.6 Å². The Labute approximate surface area is 220 Å². The monoisotopic (exact) mass is 573 g/mol. The maximum absolute atomic E-state index is 13.9. The van der Waals surface area contributed by atoms with Crippen LogP contribution in [0.3, 0.4) is 0 Å². The van der Waals surface area contributed by atoms with Gasteiger partial charge in [-0.1, -0.05) is 39.7 Å². The molecule has 2 N–H and O–H groups in total. The molecule has 0 saturated carbocycles. The molecule has 1 aliphatic rings. The van der Waals surface area contributed by atoms with E-state index in [2.05, 4.69) is 26.6 Å². The van der Waals surface area contributed by atoms with Gasteiger partial charge in [0.2, 0.25) is 11.8 Å². The molecule has 1 heterocycles. The molecule has 3 amide bonds. The Hall–Kier alpha value is -3.43. The van der Waals surface area contributed by atoms with Gasteiger partial charge >= 0.3 is 0 Å². The Kier molecular flexibility index (Phi) is 8.22. The predicted octanol–water partition coefficient (Wildman–Crippen LogP) is 4.93. The number of hydrogen-bond donors (Lipinski definition) is 2. The molecule has 3 aromatic rings. The Morgan fingerprint density at radius 3 is 2.50 bits per heavy atom. The van der Waals surface area contributed by atoms with Crippen LogP contribution in [0.25, 0.3) is 0 Å². The fraction of sp³-hybridized carbons (Fsp3) is 0.192. The normalized spacial score (nSPS) is 15.0. The number of rotatable bonds is 8. The first-order valence-electron chi connectivity index (χ1n) is 11.1. The number of carbonyl (C=O) groups is 3. The zero-order valence-corrected chi connectivity index (χ0v) is 21.3. The average Bonchev–Trinajstić information content (AvgIpc) is 3.26. The van der Waals surface area contributed by atoms with Gasteiger partial charge in [-0.25, -0.2) is 4.39 Å². The smallest absolute Gasteiger partial charge is 0.262 e. The van der Waals surface area contributed by atoms with Crippen molar-refractivity contribution in [1.82, 2.24) is 5.32 Å². The largest absolute Gasteiger partial charge is 0.484 e. The van der Waals surface area contributed by atoms with Crippen LogP contribution >= 0.6 is 27.5 Å². The number of carbonyl (C=O) groups excluding carboxylic acids is 3. The van der Waals surface area contributed by atoms with E-state index in [1.54, 1.807) is 47.4 Å². The highest BCUT2D eigenvalue weighted by atomic mass is 79.9. The van der Waals surface area contributed by atoms with Crippen molar-refractivity contribution in [2.75, 3.05) is 23.4 Å². The van der Waals surface area contributed by atoms with E-state index in [-0.39, 0.29) is 37.1 Å². The molecule has 1 atom stereocenters. The van der Waals surface area contributed by atoms with Gasteiger partial charge in [-0.05, 0) is 60.2 Å². The van der Waals surface area contributed by atoms with Gasteiger partial charge in [-0.2, -0.15) is 0 Å². The molecule has 3 aromatic carbocycles. The molecular weight excluding hydrogens is 553 g/mol. The summed E-state index contributed by atoms with van der Waals surface area (Å²) in [6, 6.07) is 18.1. The molecule has 0 unspecified atom stereocenters. The van der Waals surface area contributed by atoms with E-state index in [1.807, 2.05) is 12.1 Å². The van der Waals surface area contributed by atoms with Crippen molar-refractivity contribution in [1.29, 1.82) is 0 Å². The second-order valence-corrected chi connectivity index (χ2v) is 9.56. The van der Waals surface area contributed by atoms with Gasteiger partial charge in [-0.15, -0.1) is 0 Å². The van der Waals surface area contributed by atoms with Crippen molar-refractivity contribution in [3.8, 4) is 5.75 Å². The van der Waals surface area contributed by atoms with Crippen molar-refractivity contribution in [2.45, 2.75) is 13.0 Å². The highest BCUT2D eigenvalue weighted by molar-refractivity contribution is 9.10. The molecule has 36 heavy (non-hydrogen) atoms. The van der Waals surface area contributed by atoms with Gasteiger partial charge in [0.05, 0.1) is 11.6 Å². The molecule has 0 bridgehead atoms. The molecule has 1 saturated heterocycles. The van der Waals surface area contributed by atoms with Crippen LogP contribution in [0.5, 0.6) is 5.75 Å². The Balaban J connectivity index is 1.27. The standard InChI is InChI=1S/C26H22BrClFN3O4/c27-18-3-10-23(22(29)12-18)31-24(33)15-36-21-8-6-20(7-9-21)32-14-17(11-25(32)34)26(35)30-13-16-1-4-19(28)5-2-16/h1-10,12,17H,11,13-15H2,(H,30,35)(H,31,33)/t17-/m1/s1. The van der Waals surface area contributed by atoms with Gasteiger partial charge in [0.25, 0.3) is 5.91 Å². The van der Waals surface area contributed by atoms with E-state index in [1.165, 1.54) is 12.1 Å². The quantitative estimate of drug-likeness (QED) is 0.400. The molecule has 0 radical (unpaired) electrons. The van der Waals surface area contributed by atoms with Crippen molar-refractivity contribution < 1.29 is 23.5 Å². The molecule has 4 rings (SSSR count). The van der Waals surface area contributed by atoms with Crippen molar-refractivity contribution in [2.24, 2.45) is 5.92 Å². The summed E-state index contributed by atoms with van der Waals surface area (Å²) < 4.78 is 19.9. The summed E-state index contributed by atoms with van der Waals surface area (Å²) in [6.45, 7) is 0.314. The Morgan fingerprint density at radius 2 is 1.81 bits per heavy atom. The molecule has 0 spiro atoms. The van der Waals surface area contributed by atoms with Gasteiger partial charge in [0.1, 0.15) is 11.6 Å². The maximum atomic E-state index is 13.9. The Bertz CT molecular complexity index is 1270. The van der Waals surface area contributed by atoms with Crippen LogP contribution in [0.1, 0.15) is 12.0 Å². The molecule has 7 nitrogen and oxygen atoms in total. The summed E-state index contributed by atoms with van der Waals surface area (Å²) in [5, 5.41) is 5.94. The van der Waals surface area contributed by atoms with Crippen LogP contribution in [-0.4, -0.2) is 30.9 Å². The molecule has 1 fully saturated rings. The summed E-state index contributed by atoms with van der Waals surface area (Å²) in [7, 11) is 0. The third-order valence-electron chi connectivity index (χ3n) is 5.60. The summed E-state index contributed by atoms with van der Waals surface area (Å²) in [5.41, 5.74) is 1.60. The lowest BCUT2D eigenvalue weighted by Gasteiger charge is -2.17. The number of ether oxygens (including phenoxy) is 1. The molecule has 10 heteroatoms. The van der Waals surface area contributed by atoms with E-state index in [9.17, 15) is 18.8 Å². The molecule has 0 aliphatic carbocycles. The van der Waals surface area contributed by atoms with E-state index in [0.717, 1.165) is 5.56 Å². The Morgan fingerprint density at radius 1 is 1.08 bits per heavy atom. The van der Waals surface area contributed by atoms with Crippen LogP contribution in [0.4, 0.5) is 15.8 Å². The van der Waals surface area contributed by atoms with Crippen molar-refractivity contribution in [3.05, 3.63) is 87.6 Å². The molecule has 186 valence electrons. The van der Waals surface area contributed by atoms with Crippen LogP contribution < -0.4 is 20.3 Å². The number of halogens is 3. The van der Waals surface area contributed by atoms with Crippen LogP contribution in [0.15, 0.2) is 71.2 Å². The minimum absolute atomic E-state index is 0.0569. The molecule has 0 aromatic heterocycles. The highest BCUT2D eigenvalue weighted by Crippen LogP contribution is 2.27. The fourth-order valence-corrected chi connectivity index (χ4v) is 4.18. The van der Waals surface area contributed by atoms with Crippen LogP contribution in [-0.2, 0) is 20.9 Å². The summed E-state index contributed by atoms with van der Waals surface area (Å²) in [5.74, 6) is -1.45. The first-order chi connectivity index (χ1) is 17.3. The first-order valence-corrected chi connectivity index (χ1v) is 12.3. The number of nitrogens with zero attached hydrogens (tertiary/aromatic N) is 1. The maximum Gasteiger partial charge on any atom is 0.262 e. The highest BCUT2D eigenvalue weighted by Gasteiger charge is 2.35.